The Labute approximate surface area is 64.2 Å². The molecule has 0 saturated carbocycles. The Bertz CT molecular complexity index is 267. The topological polar surface area (TPSA) is 67.5 Å². The van der Waals surface area contributed by atoms with Crippen molar-refractivity contribution in [2.45, 2.75) is 12.6 Å². The van der Waals surface area contributed by atoms with E-state index in [2.05, 4.69) is 10.3 Å². The molecule has 1 unspecified atom stereocenters. The number of ketones is 1. The molecule has 2 aliphatic rings. The zero-order valence-electron chi connectivity index (χ0n) is 6.00. The van der Waals surface area contributed by atoms with Gasteiger partial charge in [0.25, 0.3) is 0 Å². The summed E-state index contributed by atoms with van der Waals surface area (Å²) in [5.41, 5.74) is 7.22. The molecule has 0 amide bonds. The molecule has 2 rings (SSSR count). The molecular formula is C7H9N3O. The summed E-state index contributed by atoms with van der Waals surface area (Å²) >= 11 is 0. The van der Waals surface area contributed by atoms with E-state index < -0.39 is 0 Å². The van der Waals surface area contributed by atoms with Crippen molar-refractivity contribution < 1.29 is 4.79 Å². The van der Waals surface area contributed by atoms with Crippen LogP contribution in [0.2, 0.25) is 0 Å². The lowest BCUT2D eigenvalue weighted by Gasteiger charge is -2.04. The molecule has 2 aliphatic heterocycles. The van der Waals surface area contributed by atoms with Crippen LogP contribution in [0.1, 0.15) is 6.42 Å². The van der Waals surface area contributed by atoms with E-state index in [0.29, 0.717) is 6.42 Å². The number of aliphatic imine (C=N–C) groups is 1. The number of nitrogens with zero attached hydrogens (tertiary/aromatic N) is 1. The van der Waals surface area contributed by atoms with Crippen LogP contribution in [0.15, 0.2) is 16.3 Å². The highest BCUT2D eigenvalue weighted by molar-refractivity contribution is 6.06. The standard InChI is InChI=1S/C7H9N3O/c8-7-1-4-5(10-7)2-9-3-6(4)11/h2,7,10H,1,3,8H2. The molecule has 4 nitrogen and oxygen atoms in total. The van der Waals surface area contributed by atoms with E-state index in [1.165, 1.54) is 0 Å². The minimum Gasteiger partial charge on any atom is -0.368 e. The third-order valence-corrected chi connectivity index (χ3v) is 1.88. The molecule has 0 saturated heterocycles. The molecule has 1 atom stereocenters. The van der Waals surface area contributed by atoms with E-state index >= 15 is 0 Å². The molecule has 0 bridgehead atoms. The molecule has 11 heavy (non-hydrogen) atoms. The van der Waals surface area contributed by atoms with Gasteiger partial charge in [-0.15, -0.1) is 0 Å². The quantitative estimate of drug-likeness (QED) is 0.475. The van der Waals surface area contributed by atoms with Gasteiger partial charge in [-0.2, -0.15) is 0 Å². The SMILES string of the molecule is NC1CC2=C(C=NCC2=O)N1. The largest absolute Gasteiger partial charge is 0.368 e. The molecule has 0 aromatic rings. The number of Topliss-reactive ketones (excluding diaryl/α,β-unsaturated/α-hetero) is 1. The minimum atomic E-state index is -0.103. The summed E-state index contributed by atoms with van der Waals surface area (Å²) in [5.74, 6) is 0.1000. The van der Waals surface area contributed by atoms with Crippen LogP contribution < -0.4 is 11.1 Å². The zero-order chi connectivity index (χ0) is 7.84. The fourth-order valence-corrected chi connectivity index (χ4v) is 1.36. The summed E-state index contributed by atoms with van der Waals surface area (Å²) in [6.07, 6.45) is 2.22. The van der Waals surface area contributed by atoms with Crippen molar-refractivity contribution in [1.82, 2.24) is 5.32 Å². The third-order valence-electron chi connectivity index (χ3n) is 1.88. The first-order chi connectivity index (χ1) is 5.27. The van der Waals surface area contributed by atoms with Crippen LogP contribution in [0, 0.1) is 0 Å². The highest BCUT2D eigenvalue weighted by Gasteiger charge is 2.26. The van der Waals surface area contributed by atoms with E-state index in [1.807, 2.05) is 0 Å². The number of nitrogens with two attached hydrogens (primary N) is 1. The predicted molar refractivity (Wildman–Crippen MR) is 41.1 cm³/mol. The normalized spacial score (nSPS) is 28.8. The lowest BCUT2D eigenvalue weighted by molar-refractivity contribution is -0.114. The van der Waals surface area contributed by atoms with Gasteiger partial charge in [-0.1, -0.05) is 0 Å². The van der Waals surface area contributed by atoms with Crippen LogP contribution in [0.3, 0.4) is 0 Å². The Balaban J connectivity index is 2.32. The first kappa shape index (κ1) is 6.54. The van der Waals surface area contributed by atoms with E-state index in [0.717, 1.165) is 11.3 Å². The maximum Gasteiger partial charge on any atom is 0.182 e. The van der Waals surface area contributed by atoms with Gasteiger partial charge in [-0.3, -0.25) is 9.79 Å². The molecule has 0 fully saturated rings. The second kappa shape index (κ2) is 2.17. The predicted octanol–water partition coefficient (Wildman–Crippen LogP) is -0.828. The summed E-state index contributed by atoms with van der Waals surface area (Å²) < 4.78 is 0. The number of carbonyl (C=O) groups is 1. The van der Waals surface area contributed by atoms with Gasteiger partial charge in [0.2, 0.25) is 0 Å². The lowest BCUT2D eigenvalue weighted by atomic mass is 10.1. The van der Waals surface area contributed by atoms with Gasteiger partial charge < -0.3 is 11.1 Å². The van der Waals surface area contributed by atoms with Gasteiger partial charge >= 0.3 is 0 Å². The van der Waals surface area contributed by atoms with Crippen LogP contribution in [0.5, 0.6) is 0 Å². The van der Waals surface area contributed by atoms with Crippen molar-refractivity contribution in [1.29, 1.82) is 0 Å². The van der Waals surface area contributed by atoms with Crippen LogP contribution >= 0.6 is 0 Å². The van der Waals surface area contributed by atoms with Gasteiger partial charge in [0, 0.05) is 18.2 Å². The molecule has 58 valence electrons. The van der Waals surface area contributed by atoms with Crippen LogP contribution in [-0.4, -0.2) is 24.7 Å². The van der Waals surface area contributed by atoms with Crippen molar-refractivity contribution in [3.05, 3.63) is 11.3 Å². The second-order valence-electron chi connectivity index (χ2n) is 2.74. The summed E-state index contributed by atoms with van der Waals surface area (Å²) in [4.78, 5) is 15.0. The summed E-state index contributed by atoms with van der Waals surface area (Å²) in [7, 11) is 0. The first-order valence-corrected chi connectivity index (χ1v) is 3.55. The molecule has 0 radical (unpaired) electrons. The van der Waals surface area contributed by atoms with E-state index in [-0.39, 0.29) is 18.5 Å². The minimum absolute atomic E-state index is 0.1000. The highest BCUT2D eigenvalue weighted by atomic mass is 16.1. The second-order valence-corrected chi connectivity index (χ2v) is 2.74. The van der Waals surface area contributed by atoms with Crippen molar-refractivity contribution in [3.63, 3.8) is 0 Å². The number of hydrogen-bond acceptors (Lipinski definition) is 4. The lowest BCUT2D eigenvalue weighted by Crippen LogP contribution is -2.31. The third kappa shape index (κ3) is 0.952. The van der Waals surface area contributed by atoms with Crippen molar-refractivity contribution in [2.75, 3.05) is 6.54 Å². The summed E-state index contributed by atoms with van der Waals surface area (Å²) in [5, 5.41) is 2.97. The van der Waals surface area contributed by atoms with E-state index in [9.17, 15) is 4.79 Å². The Morgan fingerprint density at radius 2 is 2.55 bits per heavy atom. The Morgan fingerprint density at radius 3 is 3.27 bits per heavy atom. The molecule has 0 aromatic carbocycles. The average Bonchev–Trinajstić information content (AvgIpc) is 2.31. The zero-order valence-corrected chi connectivity index (χ0v) is 6.00. The average molecular weight is 151 g/mol. The number of carbonyl (C=O) groups excluding carboxylic acids is 1. The molecule has 0 aliphatic carbocycles. The molecule has 2 heterocycles. The van der Waals surface area contributed by atoms with Gasteiger partial charge in [0.05, 0.1) is 11.9 Å². The Kier molecular flexibility index (Phi) is 1.29. The van der Waals surface area contributed by atoms with Crippen molar-refractivity contribution in [3.8, 4) is 0 Å². The van der Waals surface area contributed by atoms with Gasteiger partial charge in [0.1, 0.15) is 6.54 Å². The van der Waals surface area contributed by atoms with Crippen LogP contribution in [0.4, 0.5) is 0 Å². The summed E-state index contributed by atoms with van der Waals surface area (Å²) in [6, 6.07) is 0. The molecule has 0 aromatic heterocycles. The number of allylic oxidation sites excluding steroid dienone is 1. The van der Waals surface area contributed by atoms with Crippen molar-refractivity contribution >= 4 is 12.0 Å². The Hall–Kier alpha value is -1.16. The fourth-order valence-electron chi connectivity index (χ4n) is 1.36. The molecular weight excluding hydrogens is 142 g/mol. The summed E-state index contributed by atoms with van der Waals surface area (Å²) in [6.45, 7) is 0.285. The van der Waals surface area contributed by atoms with E-state index in [4.69, 9.17) is 5.73 Å². The Morgan fingerprint density at radius 1 is 1.73 bits per heavy atom. The van der Waals surface area contributed by atoms with E-state index in [1.54, 1.807) is 6.21 Å². The first-order valence-electron chi connectivity index (χ1n) is 3.55. The fraction of sp³-hybridized carbons (Fsp3) is 0.429. The maximum atomic E-state index is 11.2. The molecule has 3 N–H and O–H groups in total. The number of nitrogens with one attached hydrogen (secondary N) is 1. The van der Waals surface area contributed by atoms with Gasteiger partial charge in [-0.05, 0) is 0 Å². The monoisotopic (exact) mass is 151 g/mol. The molecule has 4 heteroatoms. The highest BCUT2D eigenvalue weighted by Crippen LogP contribution is 2.18. The van der Waals surface area contributed by atoms with Gasteiger partial charge in [-0.25, -0.2) is 0 Å². The maximum absolute atomic E-state index is 11.2. The van der Waals surface area contributed by atoms with Crippen molar-refractivity contribution in [2.24, 2.45) is 10.7 Å². The smallest absolute Gasteiger partial charge is 0.182 e. The molecule has 0 spiro atoms. The van der Waals surface area contributed by atoms with Crippen LogP contribution in [-0.2, 0) is 4.79 Å². The number of hydrogen-bond donors (Lipinski definition) is 2. The number of dihydropyridines is 1. The number of rotatable bonds is 0. The van der Waals surface area contributed by atoms with Crippen LogP contribution in [0.25, 0.3) is 0 Å². The van der Waals surface area contributed by atoms with Gasteiger partial charge in [0.15, 0.2) is 5.78 Å².